The lowest BCUT2D eigenvalue weighted by Gasteiger charge is -2.12. The zero-order valence-corrected chi connectivity index (χ0v) is 17.7. The number of amides is 1. The Kier molecular flexibility index (Phi) is 7.86. The maximum Gasteiger partial charge on any atom is 0.276 e. The van der Waals surface area contributed by atoms with Gasteiger partial charge in [-0.25, -0.2) is 15.0 Å². The number of aromatic nitrogens is 3. The first-order chi connectivity index (χ1) is 14.3. The number of nitrogens with one attached hydrogen (secondary N) is 1. The maximum atomic E-state index is 12.5. The molecule has 0 unspecified atom stereocenters. The van der Waals surface area contributed by atoms with Gasteiger partial charge in [-0.2, -0.15) is 5.26 Å². The Hall–Kier alpha value is -3.48. The molecule has 2 heterocycles. The minimum absolute atomic E-state index is 0.0155. The fourth-order valence-corrected chi connectivity index (χ4v) is 3.09. The third-order valence-corrected chi connectivity index (χ3v) is 4.35. The van der Waals surface area contributed by atoms with Crippen molar-refractivity contribution >= 4 is 34.4 Å². The van der Waals surface area contributed by atoms with E-state index < -0.39 is 5.91 Å². The van der Waals surface area contributed by atoms with Crippen LogP contribution < -0.4 is 11.2 Å². The minimum Gasteiger partial charge on any atom is -0.396 e. The average Bonchev–Trinajstić information content (AvgIpc) is 3.02. The zero-order valence-electron chi connectivity index (χ0n) is 17.7. The van der Waals surface area contributed by atoms with Gasteiger partial charge in [0.15, 0.2) is 0 Å². The third kappa shape index (κ3) is 4.92. The number of nitriles is 1. The van der Waals surface area contributed by atoms with Gasteiger partial charge in [0.2, 0.25) is 0 Å². The van der Waals surface area contributed by atoms with Crippen LogP contribution in [0.3, 0.4) is 0 Å². The van der Waals surface area contributed by atoms with Gasteiger partial charge in [-0.05, 0) is 31.9 Å². The van der Waals surface area contributed by atoms with E-state index in [0.29, 0.717) is 35.5 Å². The molecule has 2 aromatic rings. The largest absolute Gasteiger partial charge is 0.396 e. The molecule has 9 heteroatoms. The van der Waals surface area contributed by atoms with Crippen molar-refractivity contribution in [2.75, 3.05) is 26.4 Å². The highest BCUT2D eigenvalue weighted by Crippen LogP contribution is 2.35. The Morgan fingerprint density at radius 2 is 2.17 bits per heavy atom. The van der Waals surface area contributed by atoms with E-state index >= 15 is 0 Å². The SMILES string of the molecule is CC=CC=C(C)c1c(C=C(C#N)C(=O)NN(C)C)n(CCCO)c2ncnc(N)c12. The van der Waals surface area contributed by atoms with Crippen LogP contribution in [-0.2, 0) is 11.3 Å². The van der Waals surface area contributed by atoms with Crippen molar-refractivity contribution < 1.29 is 9.90 Å². The van der Waals surface area contributed by atoms with Gasteiger partial charge < -0.3 is 15.4 Å². The van der Waals surface area contributed by atoms with Crippen LogP contribution in [-0.4, -0.2) is 51.3 Å². The van der Waals surface area contributed by atoms with E-state index in [0.717, 1.165) is 11.1 Å². The molecule has 9 nitrogen and oxygen atoms in total. The molecule has 0 aliphatic rings. The lowest BCUT2D eigenvalue weighted by molar-refractivity contribution is -0.120. The molecule has 2 aromatic heterocycles. The fourth-order valence-electron chi connectivity index (χ4n) is 3.09. The van der Waals surface area contributed by atoms with E-state index in [9.17, 15) is 15.2 Å². The Morgan fingerprint density at radius 3 is 2.77 bits per heavy atom. The van der Waals surface area contributed by atoms with Crippen LogP contribution in [0.25, 0.3) is 22.7 Å². The molecule has 0 radical (unpaired) electrons. The summed E-state index contributed by atoms with van der Waals surface area (Å²) in [5.41, 5.74) is 11.5. The van der Waals surface area contributed by atoms with Crippen LogP contribution in [0.2, 0.25) is 0 Å². The number of carbonyl (C=O) groups is 1. The number of anilines is 1. The van der Waals surface area contributed by atoms with Crippen molar-refractivity contribution in [3.63, 3.8) is 0 Å². The highest BCUT2D eigenvalue weighted by Gasteiger charge is 2.22. The molecular weight excluding hydrogens is 382 g/mol. The normalized spacial score (nSPS) is 12.7. The van der Waals surface area contributed by atoms with Crippen molar-refractivity contribution in [3.8, 4) is 6.07 Å². The quantitative estimate of drug-likeness (QED) is 0.262. The van der Waals surface area contributed by atoms with E-state index in [1.165, 1.54) is 17.4 Å². The van der Waals surface area contributed by atoms with Gasteiger partial charge in [0.05, 0.1) is 11.1 Å². The summed E-state index contributed by atoms with van der Waals surface area (Å²) in [5, 5.41) is 21.1. The average molecular weight is 409 g/mol. The first-order valence-corrected chi connectivity index (χ1v) is 9.49. The molecule has 0 aliphatic heterocycles. The van der Waals surface area contributed by atoms with Crippen molar-refractivity contribution in [2.24, 2.45) is 0 Å². The Balaban J connectivity index is 2.89. The number of fused-ring (bicyclic) bond motifs is 1. The number of rotatable bonds is 8. The highest BCUT2D eigenvalue weighted by atomic mass is 16.3. The van der Waals surface area contributed by atoms with E-state index in [1.54, 1.807) is 14.1 Å². The van der Waals surface area contributed by atoms with Gasteiger partial charge >= 0.3 is 0 Å². The third-order valence-electron chi connectivity index (χ3n) is 4.35. The fraction of sp³-hybridized carbons (Fsp3) is 0.333. The predicted molar refractivity (Wildman–Crippen MR) is 118 cm³/mol. The van der Waals surface area contributed by atoms with Crippen LogP contribution in [0.5, 0.6) is 0 Å². The van der Waals surface area contributed by atoms with E-state index in [-0.39, 0.29) is 12.2 Å². The number of hydrazine groups is 1. The summed E-state index contributed by atoms with van der Waals surface area (Å²) in [7, 11) is 3.33. The number of nitrogen functional groups attached to an aromatic ring is 1. The smallest absolute Gasteiger partial charge is 0.276 e. The first kappa shape index (κ1) is 22.8. The monoisotopic (exact) mass is 409 g/mol. The van der Waals surface area contributed by atoms with Gasteiger partial charge in [0.1, 0.15) is 29.4 Å². The lowest BCUT2D eigenvalue weighted by Crippen LogP contribution is -2.36. The van der Waals surface area contributed by atoms with E-state index in [4.69, 9.17) is 5.73 Å². The lowest BCUT2D eigenvalue weighted by atomic mass is 10.0. The predicted octanol–water partition coefficient (Wildman–Crippen LogP) is 1.88. The van der Waals surface area contributed by atoms with Crippen molar-refractivity contribution in [3.05, 3.63) is 41.4 Å². The Bertz CT molecular complexity index is 1060. The first-order valence-electron chi connectivity index (χ1n) is 9.49. The molecule has 158 valence electrons. The number of aliphatic hydroxyl groups excluding tert-OH is 1. The summed E-state index contributed by atoms with van der Waals surface area (Å²) < 4.78 is 1.85. The van der Waals surface area contributed by atoms with Crippen LogP contribution in [0, 0.1) is 11.3 Å². The molecule has 0 saturated heterocycles. The summed E-state index contributed by atoms with van der Waals surface area (Å²) >= 11 is 0. The molecule has 0 spiro atoms. The topological polar surface area (TPSA) is 133 Å². The van der Waals surface area contributed by atoms with E-state index in [1.807, 2.05) is 42.7 Å². The number of carbonyl (C=O) groups excluding carboxylic acids is 1. The number of hydrogen-bond acceptors (Lipinski definition) is 7. The molecule has 2 rings (SSSR count). The number of aliphatic hydroxyl groups is 1. The summed E-state index contributed by atoms with van der Waals surface area (Å²) in [6.07, 6.45) is 9.08. The summed E-state index contributed by atoms with van der Waals surface area (Å²) in [6.45, 7) is 4.24. The Morgan fingerprint density at radius 1 is 1.43 bits per heavy atom. The second-order valence-corrected chi connectivity index (χ2v) is 6.83. The molecule has 4 N–H and O–H groups in total. The van der Waals surface area contributed by atoms with Gasteiger partial charge in [-0.3, -0.25) is 10.2 Å². The minimum atomic E-state index is -0.526. The van der Waals surface area contributed by atoms with Crippen LogP contribution in [0.1, 0.15) is 31.5 Å². The number of nitrogens with zero attached hydrogens (tertiary/aromatic N) is 5. The van der Waals surface area contributed by atoms with Crippen LogP contribution in [0.4, 0.5) is 5.82 Å². The summed E-state index contributed by atoms with van der Waals surface area (Å²) in [6, 6.07) is 1.97. The Labute approximate surface area is 175 Å². The number of hydrogen-bond donors (Lipinski definition) is 3. The van der Waals surface area contributed by atoms with Gasteiger partial charge in [0.25, 0.3) is 5.91 Å². The van der Waals surface area contributed by atoms with Crippen molar-refractivity contribution in [2.45, 2.75) is 26.8 Å². The molecule has 30 heavy (non-hydrogen) atoms. The highest BCUT2D eigenvalue weighted by molar-refractivity contribution is 6.05. The second kappa shape index (κ2) is 10.3. The van der Waals surface area contributed by atoms with Gasteiger partial charge in [0, 0.05) is 32.8 Å². The second-order valence-electron chi connectivity index (χ2n) is 6.83. The van der Waals surface area contributed by atoms with Crippen molar-refractivity contribution in [1.29, 1.82) is 5.26 Å². The molecule has 0 bridgehead atoms. The van der Waals surface area contributed by atoms with Gasteiger partial charge in [-0.1, -0.05) is 18.2 Å². The number of nitrogens with two attached hydrogens (primary N) is 1. The van der Waals surface area contributed by atoms with Crippen LogP contribution >= 0.6 is 0 Å². The standard InChI is InChI=1S/C21H27N7O2/c1-5-6-8-14(2)17-16(11-15(12-22)21(30)26-27(3)4)28(9-7-10-29)20-18(17)19(23)24-13-25-20/h5-6,8,11,13,29H,7,9-10H2,1-4H3,(H,26,30)(H2,23,24,25). The molecule has 0 aliphatic carbocycles. The molecule has 0 fully saturated rings. The summed E-state index contributed by atoms with van der Waals surface area (Å²) in [5.74, 6) is -0.224. The molecular formula is C21H27N7O2. The molecule has 0 atom stereocenters. The van der Waals surface area contributed by atoms with E-state index in [2.05, 4.69) is 15.4 Å². The maximum absolute atomic E-state index is 12.5. The molecule has 1 amide bonds. The number of aryl methyl sites for hydroxylation is 1. The van der Waals surface area contributed by atoms with Gasteiger partial charge in [-0.15, -0.1) is 0 Å². The summed E-state index contributed by atoms with van der Waals surface area (Å²) in [4.78, 5) is 21.0. The number of allylic oxidation sites excluding steroid dienone is 4. The molecule has 0 saturated carbocycles. The van der Waals surface area contributed by atoms with Crippen molar-refractivity contribution in [1.82, 2.24) is 25.0 Å². The molecule has 0 aromatic carbocycles. The zero-order chi connectivity index (χ0) is 22.3. The van der Waals surface area contributed by atoms with Crippen LogP contribution in [0.15, 0.2) is 30.1 Å².